The van der Waals surface area contributed by atoms with E-state index in [-0.39, 0.29) is 0 Å². The Hall–Kier alpha value is -0.570. The van der Waals surface area contributed by atoms with E-state index >= 15 is 0 Å². The Kier molecular flexibility index (Phi) is 34.2. The fourth-order valence-electron chi connectivity index (χ4n) is 4.26. The summed E-state index contributed by atoms with van der Waals surface area (Å²) in [5.41, 5.74) is 0. The molecule has 3 heteroatoms. The first-order valence-electron chi connectivity index (χ1n) is 14.5. The summed E-state index contributed by atoms with van der Waals surface area (Å²) in [6.45, 7) is 4.58. The molecule has 0 amide bonds. The van der Waals surface area contributed by atoms with Crippen molar-refractivity contribution in [2.75, 3.05) is 13.6 Å². The maximum atomic E-state index is 9.00. The maximum Gasteiger partial charge on any atom is 0.300 e. The van der Waals surface area contributed by atoms with Crippen molar-refractivity contribution in [1.82, 2.24) is 5.32 Å². The van der Waals surface area contributed by atoms with Gasteiger partial charge in [-0.3, -0.25) is 4.79 Å². The molecule has 194 valence electrons. The topological polar surface area (TPSA) is 49.3 Å². The lowest BCUT2D eigenvalue weighted by molar-refractivity contribution is -0.134. The molecule has 0 aliphatic rings. The van der Waals surface area contributed by atoms with Gasteiger partial charge in [0.1, 0.15) is 0 Å². The van der Waals surface area contributed by atoms with Gasteiger partial charge < -0.3 is 10.4 Å². The standard InChI is InChI=1S/C27H57N.C2H4O2/c1-3-4-5-6-7-8-9-10-11-12-13-14-15-16-17-18-19-20-21-22-23-24-25-26-27-28-2;1-2(3)4/h28H,3-27H2,1-2H3;1H3,(H,3,4). The van der Waals surface area contributed by atoms with Crippen molar-refractivity contribution in [3.8, 4) is 0 Å². The second-order valence-corrected chi connectivity index (χ2v) is 9.75. The molecule has 0 radical (unpaired) electrons. The summed E-state index contributed by atoms with van der Waals surface area (Å²) >= 11 is 0. The maximum absolute atomic E-state index is 9.00. The molecule has 0 rings (SSSR count). The van der Waals surface area contributed by atoms with E-state index in [1.54, 1.807) is 0 Å². The zero-order chi connectivity index (χ0) is 24.0. The van der Waals surface area contributed by atoms with Crippen LogP contribution in [0.15, 0.2) is 0 Å². The quantitative estimate of drug-likeness (QED) is 0.135. The molecule has 0 aromatic heterocycles. The summed E-state index contributed by atoms with van der Waals surface area (Å²) in [6.07, 6.45) is 35.2. The van der Waals surface area contributed by atoms with E-state index in [9.17, 15) is 0 Å². The van der Waals surface area contributed by atoms with E-state index in [4.69, 9.17) is 9.90 Å². The summed E-state index contributed by atoms with van der Waals surface area (Å²) < 4.78 is 0. The van der Waals surface area contributed by atoms with Gasteiger partial charge in [-0.2, -0.15) is 0 Å². The average Bonchev–Trinajstić information content (AvgIpc) is 2.76. The van der Waals surface area contributed by atoms with Crippen LogP contribution < -0.4 is 5.32 Å². The monoisotopic (exact) mass is 455 g/mol. The molecule has 0 saturated heterocycles. The number of carboxylic acid groups (broad SMARTS) is 1. The van der Waals surface area contributed by atoms with Crippen molar-refractivity contribution >= 4 is 5.97 Å². The molecule has 2 N–H and O–H groups in total. The highest BCUT2D eigenvalue weighted by atomic mass is 16.4. The highest BCUT2D eigenvalue weighted by Gasteiger charge is 1.96. The Morgan fingerprint density at radius 2 is 0.688 bits per heavy atom. The molecule has 0 saturated carbocycles. The zero-order valence-corrected chi connectivity index (χ0v) is 22.5. The largest absolute Gasteiger partial charge is 0.481 e. The fraction of sp³-hybridized carbons (Fsp3) is 0.966. The lowest BCUT2D eigenvalue weighted by atomic mass is 10.0. The molecule has 0 aliphatic carbocycles. The highest BCUT2D eigenvalue weighted by molar-refractivity contribution is 5.62. The third kappa shape index (κ3) is 39.9. The fourth-order valence-corrected chi connectivity index (χ4v) is 4.26. The van der Waals surface area contributed by atoms with Crippen LogP contribution in [0.3, 0.4) is 0 Å². The van der Waals surface area contributed by atoms with E-state index in [1.165, 1.54) is 161 Å². The first-order chi connectivity index (χ1) is 15.6. The molecule has 0 aromatic carbocycles. The van der Waals surface area contributed by atoms with Gasteiger partial charge in [-0.1, -0.05) is 155 Å². The number of unbranched alkanes of at least 4 members (excludes halogenated alkanes) is 23. The second-order valence-electron chi connectivity index (χ2n) is 9.75. The van der Waals surface area contributed by atoms with Gasteiger partial charge in [0.25, 0.3) is 5.97 Å². The van der Waals surface area contributed by atoms with Crippen LogP contribution in [0.2, 0.25) is 0 Å². The third-order valence-corrected chi connectivity index (χ3v) is 6.28. The van der Waals surface area contributed by atoms with E-state index in [0.29, 0.717) is 0 Å². The lowest BCUT2D eigenvalue weighted by Crippen LogP contribution is -2.06. The van der Waals surface area contributed by atoms with Crippen LogP contribution in [-0.2, 0) is 4.79 Å². The number of hydrogen-bond acceptors (Lipinski definition) is 2. The number of rotatable bonds is 25. The van der Waals surface area contributed by atoms with Crippen LogP contribution in [0.1, 0.15) is 168 Å². The summed E-state index contributed by atoms with van der Waals surface area (Å²) in [4.78, 5) is 9.00. The van der Waals surface area contributed by atoms with Crippen LogP contribution in [0.4, 0.5) is 0 Å². The molecule has 0 bridgehead atoms. The van der Waals surface area contributed by atoms with E-state index in [2.05, 4.69) is 19.3 Å². The molecule has 3 nitrogen and oxygen atoms in total. The third-order valence-electron chi connectivity index (χ3n) is 6.28. The van der Waals surface area contributed by atoms with E-state index in [1.807, 2.05) is 0 Å². The molecule has 0 aliphatic heterocycles. The van der Waals surface area contributed by atoms with Gasteiger partial charge in [0.05, 0.1) is 0 Å². The Bertz CT molecular complexity index is 303. The Morgan fingerprint density at radius 3 is 0.875 bits per heavy atom. The molecule has 0 atom stereocenters. The van der Waals surface area contributed by atoms with Gasteiger partial charge in [0.15, 0.2) is 0 Å². The van der Waals surface area contributed by atoms with Crippen molar-refractivity contribution in [3.05, 3.63) is 0 Å². The van der Waals surface area contributed by atoms with Gasteiger partial charge in [0, 0.05) is 6.92 Å². The van der Waals surface area contributed by atoms with Gasteiger partial charge in [0.2, 0.25) is 0 Å². The number of nitrogens with one attached hydrogen (secondary N) is 1. The van der Waals surface area contributed by atoms with E-state index in [0.717, 1.165) is 6.92 Å². The predicted molar refractivity (Wildman–Crippen MR) is 144 cm³/mol. The Labute approximate surface area is 202 Å². The van der Waals surface area contributed by atoms with E-state index < -0.39 is 5.97 Å². The van der Waals surface area contributed by atoms with Crippen LogP contribution in [0, 0.1) is 0 Å². The number of carboxylic acids is 1. The number of hydrogen-bond donors (Lipinski definition) is 2. The van der Waals surface area contributed by atoms with Crippen molar-refractivity contribution in [2.24, 2.45) is 0 Å². The van der Waals surface area contributed by atoms with Gasteiger partial charge in [-0.05, 0) is 20.0 Å². The second kappa shape index (κ2) is 32.6. The first kappa shape index (κ1) is 33.6. The molecule has 0 fully saturated rings. The van der Waals surface area contributed by atoms with Crippen molar-refractivity contribution in [2.45, 2.75) is 168 Å². The van der Waals surface area contributed by atoms with Gasteiger partial charge in [-0.25, -0.2) is 0 Å². The Morgan fingerprint density at radius 1 is 0.500 bits per heavy atom. The molecular formula is C29H61NO2. The minimum Gasteiger partial charge on any atom is -0.481 e. The zero-order valence-electron chi connectivity index (χ0n) is 22.5. The summed E-state index contributed by atoms with van der Waals surface area (Å²) in [6, 6.07) is 0. The Balaban J connectivity index is 0. The van der Waals surface area contributed by atoms with Crippen LogP contribution >= 0.6 is 0 Å². The van der Waals surface area contributed by atoms with Crippen molar-refractivity contribution in [1.29, 1.82) is 0 Å². The normalized spacial score (nSPS) is 10.7. The molecule has 0 unspecified atom stereocenters. The van der Waals surface area contributed by atoms with Crippen LogP contribution in [-0.4, -0.2) is 24.7 Å². The van der Waals surface area contributed by atoms with Crippen LogP contribution in [0.5, 0.6) is 0 Å². The molecule has 32 heavy (non-hydrogen) atoms. The minimum atomic E-state index is -0.833. The van der Waals surface area contributed by atoms with Crippen molar-refractivity contribution in [3.63, 3.8) is 0 Å². The highest BCUT2D eigenvalue weighted by Crippen LogP contribution is 2.15. The minimum absolute atomic E-state index is 0.833. The predicted octanol–water partition coefficient (Wildman–Crippen LogP) is 9.68. The number of aliphatic carboxylic acids is 1. The number of carbonyl (C=O) groups is 1. The summed E-state index contributed by atoms with van der Waals surface area (Å²) in [7, 11) is 2.05. The molecule has 0 spiro atoms. The smallest absolute Gasteiger partial charge is 0.300 e. The first-order valence-corrected chi connectivity index (χ1v) is 14.5. The molecular weight excluding hydrogens is 394 g/mol. The summed E-state index contributed by atoms with van der Waals surface area (Å²) in [5.74, 6) is -0.833. The average molecular weight is 456 g/mol. The van der Waals surface area contributed by atoms with Gasteiger partial charge in [-0.15, -0.1) is 0 Å². The molecule has 0 aromatic rings. The summed E-state index contributed by atoms with van der Waals surface area (Å²) in [5, 5.41) is 10.6. The van der Waals surface area contributed by atoms with Crippen molar-refractivity contribution < 1.29 is 9.90 Å². The molecule has 0 heterocycles. The van der Waals surface area contributed by atoms with Crippen LogP contribution in [0.25, 0.3) is 0 Å². The SMILES string of the molecule is CC(=O)O.CCCCCCCCCCCCCCCCCCCCCCCCCCNC. The van der Waals surface area contributed by atoms with Gasteiger partial charge >= 0.3 is 0 Å². The lowest BCUT2D eigenvalue weighted by Gasteiger charge is -2.04.